The van der Waals surface area contributed by atoms with Crippen LogP contribution in [0.25, 0.3) is 10.2 Å². The Morgan fingerprint density at radius 3 is 2.77 bits per heavy atom. The van der Waals surface area contributed by atoms with Crippen LogP contribution in [-0.4, -0.2) is 15.0 Å². The van der Waals surface area contributed by atoms with Crippen LogP contribution in [0, 0.1) is 6.92 Å². The van der Waals surface area contributed by atoms with Gasteiger partial charge in [0.05, 0.1) is 5.39 Å². The summed E-state index contributed by atoms with van der Waals surface area (Å²) in [6.07, 6.45) is 5.18. The average Bonchev–Trinajstić information content (AvgIpc) is 3.07. The molecule has 0 aliphatic rings. The van der Waals surface area contributed by atoms with Gasteiger partial charge >= 0.3 is 0 Å². The van der Waals surface area contributed by atoms with Crippen LogP contribution in [-0.2, 0) is 13.2 Å². The maximum Gasteiger partial charge on any atom is 0.138 e. The second-order valence-electron chi connectivity index (χ2n) is 5.95. The van der Waals surface area contributed by atoms with E-state index in [1.807, 2.05) is 30.5 Å². The van der Waals surface area contributed by atoms with Crippen molar-refractivity contribution in [2.24, 2.45) is 0 Å². The monoisotopic (exact) mass is 362 g/mol. The third-order valence-corrected chi connectivity index (χ3v) is 4.92. The van der Waals surface area contributed by atoms with Crippen LogP contribution in [0.2, 0.25) is 0 Å². The minimum Gasteiger partial charge on any atom is -0.489 e. The maximum absolute atomic E-state index is 5.79. The van der Waals surface area contributed by atoms with Crippen molar-refractivity contribution in [3.8, 4) is 5.75 Å². The molecule has 5 nitrogen and oxygen atoms in total. The number of aryl methyl sites for hydroxylation is 1. The highest BCUT2D eigenvalue weighted by molar-refractivity contribution is 7.18. The molecular formula is C20H18N4OS. The van der Waals surface area contributed by atoms with Gasteiger partial charge in [0, 0.05) is 29.4 Å². The molecule has 0 saturated heterocycles. The number of anilines is 1. The molecule has 4 rings (SSSR count). The number of nitrogens with one attached hydrogen (secondary N) is 1. The number of pyridine rings is 1. The lowest BCUT2D eigenvalue weighted by Gasteiger charge is -2.09. The number of rotatable bonds is 6. The van der Waals surface area contributed by atoms with Gasteiger partial charge in [0.25, 0.3) is 0 Å². The second-order valence-corrected chi connectivity index (χ2v) is 7.18. The summed E-state index contributed by atoms with van der Waals surface area (Å²) in [7, 11) is 0. The van der Waals surface area contributed by atoms with E-state index in [1.54, 1.807) is 23.9 Å². The molecule has 0 spiro atoms. The van der Waals surface area contributed by atoms with E-state index in [-0.39, 0.29) is 0 Å². The quantitative estimate of drug-likeness (QED) is 0.544. The molecule has 3 heterocycles. The first-order valence-electron chi connectivity index (χ1n) is 8.33. The summed E-state index contributed by atoms with van der Waals surface area (Å²) in [4.78, 5) is 15.0. The van der Waals surface area contributed by atoms with Crippen LogP contribution in [0.1, 0.15) is 16.0 Å². The molecule has 3 aromatic heterocycles. The summed E-state index contributed by atoms with van der Waals surface area (Å²) in [6, 6.07) is 14.1. The van der Waals surface area contributed by atoms with E-state index < -0.39 is 0 Å². The number of thiophene rings is 1. The highest BCUT2D eigenvalue weighted by atomic mass is 32.1. The molecule has 0 bridgehead atoms. The molecule has 0 radical (unpaired) electrons. The van der Waals surface area contributed by atoms with E-state index in [0.29, 0.717) is 13.2 Å². The Morgan fingerprint density at radius 2 is 1.96 bits per heavy atom. The minimum absolute atomic E-state index is 0.516. The van der Waals surface area contributed by atoms with Crippen LogP contribution < -0.4 is 10.1 Å². The summed E-state index contributed by atoms with van der Waals surface area (Å²) in [5.41, 5.74) is 2.22. The van der Waals surface area contributed by atoms with Crippen LogP contribution >= 0.6 is 11.3 Å². The summed E-state index contributed by atoms with van der Waals surface area (Å²) in [5, 5.41) is 4.48. The van der Waals surface area contributed by atoms with Crippen molar-refractivity contribution in [1.29, 1.82) is 0 Å². The second kappa shape index (κ2) is 7.49. The lowest BCUT2D eigenvalue weighted by Crippen LogP contribution is -2.02. The minimum atomic E-state index is 0.516. The van der Waals surface area contributed by atoms with Crippen LogP contribution in [0.15, 0.2) is 61.2 Å². The fourth-order valence-electron chi connectivity index (χ4n) is 2.66. The molecule has 26 heavy (non-hydrogen) atoms. The molecule has 0 aliphatic carbocycles. The number of hydrogen-bond donors (Lipinski definition) is 1. The summed E-state index contributed by atoms with van der Waals surface area (Å²) in [5.74, 6) is 1.71. The van der Waals surface area contributed by atoms with Gasteiger partial charge in [-0.2, -0.15) is 0 Å². The first-order valence-corrected chi connectivity index (χ1v) is 9.15. The Hall–Kier alpha value is -2.99. The zero-order valence-electron chi connectivity index (χ0n) is 14.3. The van der Waals surface area contributed by atoms with Crippen LogP contribution in [0.5, 0.6) is 5.75 Å². The van der Waals surface area contributed by atoms with Crippen molar-refractivity contribution in [3.63, 3.8) is 0 Å². The van der Waals surface area contributed by atoms with Crippen molar-refractivity contribution in [1.82, 2.24) is 15.0 Å². The normalized spacial score (nSPS) is 10.8. The van der Waals surface area contributed by atoms with Crippen molar-refractivity contribution < 1.29 is 4.74 Å². The molecule has 130 valence electrons. The van der Waals surface area contributed by atoms with E-state index in [4.69, 9.17) is 4.74 Å². The summed E-state index contributed by atoms with van der Waals surface area (Å²) in [6.45, 7) is 3.30. The molecule has 0 unspecified atom stereocenters. The molecule has 0 atom stereocenters. The lowest BCUT2D eigenvalue weighted by molar-refractivity contribution is 0.305. The third-order valence-electron chi connectivity index (χ3n) is 3.96. The van der Waals surface area contributed by atoms with Crippen molar-refractivity contribution >= 4 is 27.4 Å². The summed E-state index contributed by atoms with van der Waals surface area (Å²) >= 11 is 1.68. The molecule has 0 amide bonds. The highest BCUT2D eigenvalue weighted by Crippen LogP contribution is 2.27. The summed E-state index contributed by atoms with van der Waals surface area (Å²) < 4.78 is 5.79. The Labute approximate surface area is 155 Å². The number of aromatic nitrogens is 3. The Bertz CT molecular complexity index is 999. The Morgan fingerprint density at radius 1 is 1.08 bits per heavy atom. The van der Waals surface area contributed by atoms with Gasteiger partial charge in [0.1, 0.15) is 29.3 Å². The fraction of sp³-hybridized carbons (Fsp3) is 0.150. The zero-order valence-corrected chi connectivity index (χ0v) is 15.2. The van der Waals surface area contributed by atoms with Gasteiger partial charge in [0.2, 0.25) is 0 Å². The topological polar surface area (TPSA) is 59.9 Å². The molecule has 6 heteroatoms. The molecule has 1 N–H and O–H groups in total. The van der Waals surface area contributed by atoms with Gasteiger partial charge in [-0.05, 0) is 36.8 Å². The third kappa shape index (κ3) is 3.81. The Kier molecular flexibility index (Phi) is 4.75. The van der Waals surface area contributed by atoms with Crippen LogP contribution in [0.4, 0.5) is 5.82 Å². The average molecular weight is 362 g/mol. The van der Waals surface area contributed by atoms with Crippen LogP contribution in [0.3, 0.4) is 0 Å². The number of hydrogen-bond acceptors (Lipinski definition) is 6. The van der Waals surface area contributed by atoms with Gasteiger partial charge in [-0.25, -0.2) is 9.97 Å². The number of fused-ring (bicyclic) bond motifs is 1. The first-order chi connectivity index (χ1) is 12.8. The smallest absolute Gasteiger partial charge is 0.138 e. The molecule has 1 aromatic carbocycles. The van der Waals surface area contributed by atoms with Crippen molar-refractivity contribution in [3.05, 3.63) is 77.2 Å². The lowest BCUT2D eigenvalue weighted by atomic mass is 10.2. The first kappa shape index (κ1) is 16.5. The van der Waals surface area contributed by atoms with Gasteiger partial charge < -0.3 is 10.1 Å². The predicted octanol–water partition coefficient (Wildman–Crippen LogP) is 4.59. The van der Waals surface area contributed by atoms with Gasteiger partial charge in [-0.1, -0.05) is 18.2 Å². The zero-order chi connectivity index (χ0) is 17.8. The standard InChI is InChI=1S/C20H18N4OS/c1-14-9-18-19(23-13-24-20(18)26-14)22-11-15-4-6-17(7-5-15)25-12-16-3-2-8-21-10-16/h2-10,13H,11-12H2,1H3,(H,22,23,24). The van der Waals surface area contributed by atoms with Gasteiger partial charge in [-0.15, -0.1) is 11.3 Å². The SMILES string of the molecule is Cc1cc2c(NCc3ccc(OCc4cccnc4)cc3)ncnc2s1. The number of ether oxygens (including phenoxy) is 1. The fourth-order valence-corrected chi connectivity index (χ4v) is 3.50. The molecular weight excluding hydrogens is 344 g/mol. The number of benzene rings is 1. The van der Waals surface area contributed by atoms with E-state index >= 15 is 0 Å². The highest BCUT2D eigenvalue weighted by Gasteiger charge is 2.06. The predicted molar refractivity (Wildman–Crippen MR) is 104 cm³/mol. The van der Waals surface area contributed by atoms with E-state index in [9.17, 15) is 0 Å². The number of nitrogens with zero attached hydrogens (tertiary/aromatic N) is 3. The van der Waals surface area contributed by atoms with Gasteiger partial charge in [0.15, 0.2) is 0 Å². The molecule has 4 aromatic rings. The van der Waals surface area contributed by atoms with Crippen molar-refractivity contribution in [2.75, 3.05) is 5.32 Å². The van der Waals surface area contributed by atoms with E-state index in [2.05, 4.69) is 45.4 Å². The van der Waals surface area contributed by atoms with Gasteiger partial charge in [-0.3, -0.25) is 4.98 Å². The molecule has 0 saturated carbocycles. The largest absolute Gasteiger partial charge is 0.489 e. The van der Waals surface area contributed by atoms with E-state index in [0.717, 1.165) is 32.9 Å². The molecule has 0 fully saturated rings. The maximum atomic E-state index is 5.79. The molecule has 0 aliphatic heterocycles. The Balaban J connectivity index is 1.38. The van der Waals surface area contributed by atoms with Crippen molar-refractivity contribution in [2.45, 2.75) is 20.1 Å². The van der Waals surface area contributed by atoms with E-state index in [1.165, 1.54) is 4.88 Å².